The Morgan fingerprint density at radius 2 is 2.00 bits per heavy atom. The molecule has 1 heterocycles. The van der Waals surface area contributed by atoms with Gasteiger partial charge in [-0.15, -0.1) is 0 Å². The van der Waals surface area contributed by atoms with Crippen LogP contribution in [0.4, 0.5) is 5.69 Å². The van der Waals surface area contributed by atoms with Crippen molar-refractivity contribution in [3.8, 4) is 17.6 Å². The number of ether oxygens (including phenoxy) is 2. The van der Waals surface area contributed by atoms with Gasteiger partial charge in [0, 0.05) is 25.1 Å². The number of carbonyl (C=O) groups is 1. The molecular weight excluding hydrogens is 356 g/mol. The normalized spacial score (nSPS) is 11.3. The molecule has 0 fully saturated rings. The van der Waals surface area contributed by atoms with Crippen LogP contribution in [0.2, 0.25) is 0 Å². The molecule has 28 heavy (non-hydrogen) atoms. The number of carbonyl (C=O) groups excluding carboxylic acids is 1. The molecule has 0 radical (unpaired) electrons. The topological polar surface area (TPSA) is 89.2 Å². The maximum atomic E-state index is 12.4. The lowest BCUT2D eigenvalue weighted by Gasteiger charge is -2.15. The minimum atomic E-state index is -0.756. The fraction of sp³-hybridized carbons (Fsp3) is 0.190. The lowest BCUT2D eigenvalue weighted by molar-refractivity contribution is -0.122. The first-order valence-electron chi connectivity index (χ1n) is 8.72. The van der Waals surface area contributed by atoms with E-state index in [1.807, 2.05) is 23.9 Å². The van der Waals surface area contributed by atoms with Gasteiger partial charge in [-0.3, -0.25) is 4.79 Å². The van der Waals surface area contributed by atoms with Crippen molar-refractivity contribution < 1.29 is 14.3 Å². The van der Waals surface area contributed by atoms with E-state index < -0.39 is 6.10 Å². The van der Waals surface area contributed by atoms with Crippen molar-refractivity contribution in [3.05, 3.63) is 72.3 Å². The van der Waals surface area contributed by atoms with Gasteiger partial charge in [-0.2, -0.15) is 5.26 Å². The van der Waals surface area contributed by atoms with Crippen molar-refractivity contribution in [2.45, 2.75) is 19.6 Å². The standard InChI is InChI=1S/C21H20N4O3/c1-15(28-19-6-4-3-5-16(19)13-22)21(26)24-17-7-9-18(10-8-17)27-14-20-23-11-12-25(20)2/h3-12,15H,14H2,1-2H3,(H,24,26). The number of amides is 1. The summed E-state index contributed by atoms with van der Waals surface area (Å²) in [6.07, 6.45) is 2.82. The third kappa shape index (κ3) is 4.68. The Morgan fingerprint density at radius 1 is 1.25 bits per heavy atom. The third-order valence-electron chi connectivity index (χ3n) is 4.09. The summed E-state index contributed by atoms with van der Waals surface area (Å²) in [5.41, 5.74) is 1.01. The Bertz CT molecular complexity index is 989. The molecule has 0 saturated carbocycles. The highest BCUT2D eigenvalue weighted by Gasteiger charge is 2.16. The van der Waals surface area contributed by atoms with Gasteiger partial charge in [0.25, 0.3) is 5.91 Å². The molecule has 0 aliphatic heterocycles. The zero-order valence-electron chi connectivity index (χ0n) is 15.6. The SMILES string of the molecule is CC(Oc1ccccc1C#N)C(=O)Nc1ccc(OCc2nccn2C)cc1. The lowest BCUT2D eigenvalue weighted by Crippen LogP contribution is -2.30. The maximum absolute atomic E-state index is 12.4. The number of nitrogens with zero attached hydrogens (tertiary/aromatic N) is 3. The first kappa shape index (κ1) is 19.0. The van der Waals surface area contributed by atoms with Crippen molar-refractivity contribution in [1.82, 2.24) is 9.55 Å². The van der Waals surface area contributed by atoms with Gasteiger partial charge in [0.15, 0.2) is 6.10 Å². The zero-order valence-corrected chi connectivity index (χ0v) is 15.6. The minimum absolute atomic E-state index is 0.311. The van der Waals surface area contributed by atoms with E-state index in [0.717, 1.165) is 5.82 Å². The highest BCUT2D eigenvalue weighted by molar-refractivity contribution is 5.94. The first-order chi connectivity index (χ1) is 13.6. The molecule has 1 N–H and O–H groups in total. The number of anilines is 1. The van der Waals surface area contributed by atoms with Crippen molar-refractivity contribution in [2.24, 2.45) is 7.05 Å². The monoisotopic (exact) mass is 376 g/mol. The number of aromatic nitrogens is 2. The van der Waals surface area contributed by atoms with Crippen LogP contribution in [0, 0.1) is 11.3 Å². The summed E-state index contributed by atoms with van der Waals surface area (Å²) in [5.74, 6) is 1.56. The van der Waals surface area contributed by atoms with Crippen molar-refractivity contribution in [2.75, 3.05) is 5.32 Å². The van der Waals surface area contributed by atoms with Crippen LogP contribution in [0.15, 0.2) is 60.9 Å². The van der Waals surface area contributed by atoms with Crippen LogP contribution in [0.1, 0.15) is 18.3 Å². The molecule has 2 aromatic carbocycles. The molecule has 0 aliphatic carbocycles. The Labute approximate surface area is 163 Å². The maximum Gasteiger partial charge on any atom is 0.265 e. The van der Waals surface area contributed by atoms with E-state index in [0.29, 0.717) is 29.4 Å². The van der Waals surface area contributed by atoms with E-state index in [-0.39, 0.29) is 5.91 Å². The number of nitrogens with one attached hydrogen (secondary N) is 1. The number of benzene rings is 2. The molecule has 0 spiro atoms. The summed E-state index contributed by atoms with van der Waals surface area (Å²) in [6, 6.07) is 15.9. The lowest BCUT2D eigenvalue weighted by atomic mass is 10.2. The van der Waals surface area contributed by atoms with Crippen molar-refractivity contribution in [3.63, 3.8) is 0 Å². The molecule has 1 aromatic heterocycles. The summed E-state index contributed by atoms with van der Waals surface area (Å²) in [5, 5.41) is 11.9. The minimum Gasteiger partial charge on any atom is -0.486 e. The molecular formula is C21H20N4O3. The molecule has 7 heteroatoms. The smallest absolute Gasteiger partial charge is 0.265 e. The van der Waals surface area contributed by atoms with Crippen molar-refractivity contribution >= 4 is 11.6 Å². The van der Waals surface area contributed by atoms with E-state index in [2.05, 4.69) is 10.3 Å². The van der Waals surface area contributed by atoms with Crippen LogP contribution >= 0.6 is 0 Å². The molecule has 3 aromatic rings. The largest absolute Gasteiger partial charge is 0.486 e. The molecule has 1 unspecified atom stereocenters. The van der Waals surface area contributed by atoms with Gasteiger partial charge in [-0.25, -0.2) is 4.98 Å². The molecule has 3 rings (SSSR count). The second-order valence-corrected chi connectivity index (χ2v) is 6.12. The van der Waals surface area contributed by atoms with E-state index in [1.54, 1.807) is 61.7 Å². The molecule has 0 bridgehead atoms. The fourth-order valence-electron chi connectivity index (χ4n) is 2.47. The summed E-state index contributed by atoms with van der Waals surface area (Å²) < 4.78 is 13.2. The highest BCUT2D eigenvalue weighted by Crippen LogP contribution is 2.20. The number of nitriles is 1. The van der Waals surface area contributed by atoms with Gasteiger partial charge >= 0.3 is 0 Å². The van der Waals surface area contributed by atoms with Gasteiger partial charge in [0.05, 0.1) is 5.56 Å². The summed E-state index contributed by atoms with van der Waals surface area (Å²) in [4.78, 5) is 16.6. The second kappa shape index (κ2) is 8.73. The Balaban J connectivity index is 1.55. The number of rotatable bonds is 7. The van der Waals surface area contributed by atoms with E-state index >= 15 is 0 Å². The number of hydrogen-bond donors (Lipinski definition) is 1. The Hall–Kier alpha value is -3.79. The number of imidazole rings is 1. The number of aryl methyl sites for hydroxylation is 1. The van der Waals surface area contributed by atoms with Gasteiger partial charge in [0.1, 0.15) is 30.0 Å². The van der Waals surface area contributed by atoms with Gasteiger partial charge in [0.2, 0.25) is 0 Å². The van der Waals surface area contributed by atoms with Crippen LogP contribution < -0.4 is 14.8 Å². The number of para-hydroxylation sites is 1. The van der Waals surface area contributed by atoms with Crippen molar-refractivity contribution in [1.29, 1.82) is 5.26 Å². The van der Waals surface area contributed by atoms with E-state index in [9.17, 15) is 4.79 Å². The van der Waals surface area contributed by atoms with Crippen LogP contribution in [0.5, 0.6) is 11.5 Å². The number of hydrogen-bond acceptors (Lipinski definition) is 5. The van der Waals surface area contributed by atoms with Crippen LogP contribution in [0.3, 0.4) is 0 Å². The van der Waals surface area contributed by atoms with E-state index in [4.69, 9.17) is 14.7 Å². The summed E-state index contributed by atoms with van der Waals surface area (Å²) in [7, 11) is 1.91. The molecule has 7 nitrogen and oxygen atoms in total. The second-order valence-electron chi connectivity index (χ2n) is 6.12. The quantitative estimate of drug-likeness (QED) is 0.683. The molecule has 142 valence electrons. The van der Waals surface area contributed by atoms with Gasteiger partial charge < -0.3 is 19.4 Å². The molecule has 1 atom stereocenters. The third-order valence-corrected chi connectivity index (χ3v) is 4.09. The predicted octanol–water partition coefficient (Wildman–Crippen LogP) is 3.28. The first-order valence-corrected chi connectivity index (χ1v) is 8.72. The van der Waals surface area contributed by atoms with Gasteiger partial charge in [-0.05, 0) is 43.3 Å². The zero-order chi connectivity index (χ0) is 19.9. The highest BCUT2D eigenvalue weighted by atomic mass is 16.5. The summed E-state index contributed by atoms with van der Waals surface area (Å²) >= 11 is 0. The predicted molar refractivity (Wildman–Crippen MR) is 104 cm³/mol. The van der Waals surface area contributed by atoms with Crippen LogP contribution in [-0.4, -0.2) is 21.6 Å². The Kier molecular flexibility index (Phi) is 5.92. The Morgan fingerprint density at radius 3 is 2.68 bits per heavy atom. The average molecular weight is 376 g/mol. The van der Waals surface area contributed by atoms with Gasteiger partial charge in [-0.1, -0.05) is 12.1 Å². The fourth-order valence-corrected chi connectivity index (χ4v) is 2.47. The van der Waals surface area contributed by atoms with Crippen LogP contribution in [0.25, 0.3) is 0 Å². The summed E-state index contributed by atoms with van der Waals surface area (Å²) in [6.45, 7) is 1.99. The molecule has 0 aliphatic rings. The van der Waals surface area contributed by atoms with E-state index in [1.165, 1.54) is 0 Å². The van der Waals surface area contributed by atoms with Crippen LogP contribution in [-0.2, 0) is 18.4 Å². The average Bonchev–Trinajstić information content (AvgIpc) is 3.12. The molecule has 0 saturated heterocycles. The molecule has 1 amide bonds.